The van der Waals surface area contributed by atoms with E-state index in [4.69, 9.17) is 5.73 Å². The predicted octanol–water partition coefficient (Wildman–Crippen LogP) is 3.59. The quantitative estimate of drug-likeness (QED) is 0.918. The molecule has 4 heteroatoms. The van der Waals surface area contributed by atoms with E-state index in [0.29, 0.717) is 5.92 Å². The third-order valence-electron chi connectivity index (χ3n) is 4.75. The number of nitrogens with zero attached hydrogens (tertiary/aromatic N) is 2. The maximum atomic E-state index is 6.77. The summed E-state index contributed by atoms with van der Waals surface area (Å²) in [4.78, 5) is 0. The SMILES string of the molecule is CCc1nn(C)c(CC2(N)CCCCC2CC)c1Br. The van der Waals surface area contributed by atoms with Crippen molar-refractivity contribution >= 4 is 15.9 Å². The Kier molecular flexibility index (Phi) is 4.72. The summed E-state index contributed by atoms with van der Waals surface area (Å²) in [6.45, 7) is 4.41. The molecule has 3 nitrogen and oxygen atoms in total. The van der Waals surface area contributed by atoms with Crippen molar-refractivity contribution in [1.82, 2.24) is 9.78 Å². The van der Waals surface area contributed by atoms with Gasteiger partial charge < -0.3 is 5.73 Å². The molecule has 1 heterocycles. The van der Waals surface area contributed by atoms with Crippen LogP contribution in [-0.4, -0.2) is 15.3 Å². The van der Waals surface area contributed by atoms with E-state index >= 15 is 0 Å². The van der Waals surface area contributed by atoms with E-state index in [2.05, 4.69) is 34.9 Å². The summed E-state index contributed by atoms with van der Waals surface area (Å²) in [5.74, 6) is 0.646. The molecule has 0 aliphatic heterocycles. The Balaban J connectivity index is 2.26. The van der Waals surface area contributed by atoms with Crippen LogP contribution in [0, 0.1) is 5.92 Å². The number of halogens is 1. The minimum Gasteiger partial charge on any atom is -0.324 e. The van der Waals surface area contributed by atoms with Crippen LogP contribution in [0.5, 0.6) is 0 Å². The first kappa shape index (κ1) is 15.0. The Morgan fingerprint density at radius 2 is 2.16 bits per heavy atom. The summed E-state index contributed by atoms with van der Waals surface area (Å²) in [7, 11) is 2.03. The second kappa shape index (κ2) is 5.96. The third kappa shape index (κ3) is 2.89. The van der Waals surface area contributed by atoms with Crippen LogP contribution in [0.15, 0.2) is 4.47 Å². The second-order valence-electron chi connectivity index (χ2n) is 5.95. The molecule has 1 fully saturated rings. The Labute approximate surface area is 125 Å². The van der Waals surface area contributed by atoms with Crippen LogP contribution in [0.2, 0.25) is 0 Å². The number of aryl methyl sites for hydroxylation is 2. The van der Waals surface area contributed by atoms with E-state index < -0.39 is 0 Å². The minimum atomic E-state index is -0.0473. The van der Waals surface area contributed by atoms with Gasteiger partial charge in [-0.1, -0.05) is 33.1 Å². The van der Waals surface area contributed by atoms with Crippen LogP contribution in [0.3, 0.4) is 0 Å². The molecule has 0 saturated heterocycles. The predicted molar refractivity (Wildman–Crippen MR) is 83.2 cm³/mol. The van der Waals surface area contributed by atoms with Crippen LogP contribution in [-0.2, 0) is 19.9 Å². The number of nitrogens with two attached hydrogens (primary N) is 1. The molecule has 1 aromatic rings. The lowest BCUT2D eigenvalue weighted by molar-refractivity contribution is 0.179. The van der Waals surface area contributed by atoms with E-state index in [1.54, 1.807) is 0 Å². The van der Waals surface area contributed by atoms with Gasteiger partial charge >= 0.3 is 0 Å². The summed E-state index contributed by atoms with van der Waals surface area (Å²) < 4.78 is 3.18. The molecule has 1 aliphatic rings. The molecule has 2 rings (SSSR count). The van der Waals surface area contributed by atoms with Gasteiger partial charge in [0, 0.05) is 19.0 Å². The molecular formula is C15H26BrN3. The zero-order valence-corrected chi connectivity index (χ0v) is 14.0. The molecular weight excluding hydrogens is 302 g/mol. The molecule has 19 heavy (non-hydrogen) atoms. The lowest BCUT2D eigenvalue weighted by Crippen LogP contribution is -2.51. The molecule has 2 unspecified atom stereocenters. The highest BCUT2D eigenvalue weighted by atomic mass is 79.9. The van der Waals surface area contributed by atoms with Gasteiger partial charge in [-0.25, -0.2) is 0 Å². The van der Waals surface area contributed by atoms with Gasteiger partial charge in [0.15, 0.2) is 0 Å². The number of aromatic nitrogens is 2. The van der Waals surface area contributed by atoms with Crippen molar-refractivity contribution in [3.8, 4) is 0 Å². The van der Waals surface area contributed by atoms with Crippen LogP contribution in [0.25, 0.3) is 0 Å². The zero-order valence-electron chi connectivity index (χ0n) is 12.4. The summed E-state index contributed by atoms with van der Waals surface area (Å²) in [5, 5.41) is 4.59. The standard InChI is InChI=1S/C15H26BrN3/c1-4-11-8-6-7-9-15(11,17)10-13-14(16)12(5-2)18-19(13)3/h11H,4-10,17H2,1-3H3. The summed E-state index contributed by atoms with van der Waals surface area (Å²) in [6.07, 6.45) is 8.12. The molecule has 0 spiro atoms. The Hall–Kier alpha value is -0.350. The van der Waals surface area contributed by atoms with Crippen molar-refractivity contribution in [2.24, 2.45) is 18.7 Å². The molecule has 1 saturated carbocycles. The average Bonchev–Trinajstić information content (AvgIpc) is 2.66. The zero-order chi connectivity index (χ0) is 14.0. The maximum Gasteiger partial charge on any atom is 0.0766 e. The van der Waals surface area contributed by atoms with Gasteiger partial charge in [-0.05, 0) is 41.1 Å². The molecule has 2 N–H and O–H groups in total. The van der Waals surface area contributed by atoms with Crippen molar-refractivity contribution in [3.05, 3.63) is 15.9 Å². The average molecular weight is 328 g/mol. The lowest BCUT2D eigenvalue weighted by atomic mass is 9.70. The smallest absolute Gasteiger partial charge is 0.0766 e. The summed E-state index contributed by atoms with van der Waals surface area (Å²) in [5.41, 5.74) is 9.13. The number of hydrogen-bond donors (Lipinski definition) is 1. The maximum absolute atomic E-state index is 6.77. The van der Waals surface area contributed by atoms with E-state index in [1.165, 1.54) is 35.8 Å². The van der Waals surface area contributed by atoms with E-state index in [0.717, 1.165) is 25.0 Å². The van der Waals surface area contributed by atoms with Crippen LogP contribution >= 0.6 is 15.9 Å². The van der Waals surface area contributed by atoms with Gasteiger partial charge in [0.1, 0.15) is 0 Å². The molecule has 108 valence electrons. The Bertz CT molecular complexity index is 441. The summed E-state index contributed by atoms with van der Waals surface area (Å²) in [6, 6.07) is 0. The molecule has 2 atom stereocenters. The molecule has 0 radical (unpaired) electrons. The van der Waals surface area contributed by atoms with Gasteiger partial charge in [0.05, 0.1) is 15.9 Å². The van der Waals surface area contributed by atoms with Crippen molar-refractivity contribution in [2.75, 3.05) is 0 Å². The fraction of sp³-hybridized carbons (Fsp3) is 0.800. The topological polar surface area (TPSA) is 43.8 Å². The van der Waals surface area contributed by atoms with Crippen molar-refractivity contribution in [1.29, 1.82) is 0 Å². The fourth-order valence-corrected chi connectivity index (χ4v) is 4.26. The van der Waals surface area contributed by atoms with Crippen molar-refractivity contribution in [2.45, 2.75) is 64.3 Å². The Morgan fingerprint density at radius 3 is 2.74 bits per heavy atom. The first-order chi connectivity index (χ1) is 9.01. The molecule has 1 aromatic heterocycles. The van der Waals surface area contributed by atoms with Gasteiger partial charge in [-0.3, -0.25) is 4.68 Å². The largest absolute Gasteiger partial charge is 0.324 e. The lowest BCUT2D eigenvalue weighted by Gasteiger charge is -2.41. The highest BCUT2D eigenvalue weighted by Gasteiger charge is 2.37. The highest BCUT2D eigenvalue weighted by Crippen LogP contribution is 2.38. The molecule has 0 amide bonds. The van der Waals surface area contributed by atoms with Crippen LogP contribution in [0.4, 0.5) is 0 Å². The second-order valence-corrected chi connectivity index (χ2v) is 6.74. The van der Waals surface area contributed by atoms with Gasteiger partial charge in [-0.2, -0.15) is 5.10 Å². The van der Waals surface area contributed by atoms with E-state index in [9.17, 15) is 0 Å². The first-order valence-corrected chi connectivity index (χ1v) is 8.30. The van der Waals surface area contributed by atoms with Crippen LogP contribution in [0.1, 0.15) is 57.3 Å². The van der Waals surface area contributed by atoms with Gasteiger partial charge in [-0.15, -0.1) is 0 Å². The van der Waals surface area contributed by atoms with E-state index in [1.807, 2.05) is 11.7 Å². The third-order valence-corrected chi connectivity index (χ3v) is 5.67. The minimum absolute atomic E-state index is 0.0473. The molecule has 1 aliphatic carbocycles. The number of hydrogen-bond acceptors (Lipinski definition) is 2. The van der Waals surface area contributed by atoms with Gasteiger partial charge in [0.2, 0.25) is 0 Å². The monoisotopic (exact) mass is 327 g/mol. The normalized spacial score (nSPS) is 27.7. The van der Waals surface area contributed by atoms with Gasteiger partial charge in [0.25, 0.3) is 0 Å². The van der Waals surface area contributed by atoms with Crippen molar-refractivity contribution < 1.29 is 0 Å². The molecule has 0 aromatic carbocycles. The Morgan fingerprint density at radius 1 is 1.42 bits per heavy atom. The van der Waals surface area contributed by atoms with E-state index in [-0.39, 0.29) is 5.54 Å². The highest BCUT2D eigenvalue weighted by molar-refractivity contribution is 9.10. The van der Waals surface area contributed by atoms with Crippen molar-refractivity contribution in [3.63, 3.8) is 0 Å². The summed E-state index contributed by atoms with van der Waals surface area (Å²) >= 11 is 3.72. The molecule has 0 bridgehead atoms. The van der Waals surface area contributed by atoms with Crippen LogP contribution < -0.4 is 5.73 Å². The fourth-order valence-electron chi connectivity index (χ4n) is 3.50. The first-order valence-electron chi connectivity index (χ1n) is 7.51. The number of rotatable bonds is 4.